The number of hydrogen-bond donors (Lipinski definition) is 0. The van der Waals surface area contributed by atoms with E-state index in [1.54, 1.807) is 0 Å². The van der Waals surface area contributed by atoms with Gasteiger partial charge in [0.2, 0.25) is 0 Å². The summed E-state index contributed by atoms with van der Waals surface area (Å²) in [6, 6.07) is 0. The molecule has 0 bridgehead atoms. The first kappa shape index (κ1) is 18.0. The first-order chi connectivity index (χ1) is 8.97. The van der Waals surface area contributed by atoms with Gasteiger partial charge in [-0.1, -0.05) is 29.9 Å². The van der Waals surface area contributed by atoms with E-state index in [-0.39, 0.29) is 12.6 Å². The minimum Gasteiger partial charge on any atom is -0.461 e. The van der Waals surface area contributed by atoms with Crippen LogP contribution in [0.25, 0.3) is 0 Å². The summed E-state index contributed by atoms with van der Waals surface area (Å²) in [6.45, 7) is 10.3. The third-order valence-corrected chi connectivity index (χ3v) is 2.78. The van der Waals surface area contributed by atoms with Crippen LogP contribution in [0.15, 0.2) is 35.5 Å². The quantitative estimate of drug-likeness (QED) is 0.263. The molecule has 0 saturated heterocycles. The van der Waals surface area contributed by atoms with Crippen molar-refractivity contribution in [2.24, 2.45) is 0 Å². The molecular weight excluding hydrogens is 260 g/mol. The van der Waals surface area contributed by atoms with E-state index < -0.39 is 0 Å². The van der Waals surface area contributed by atoms with Gasteiger partial charge in [-0.15, -0.1) is 11.6 Å². The Morgan fingerprint density at radius 3 is 2.37 bits per heavy atom. The number of allylic oxidation sites excluding steroid dienone is 4. The van der Waals surface area contributed by atoms with E-state index in [2.05, 4.69) is 39.5 Å². The summed E-state index contributed by atoms with van der Waals surface area (Å²) in [7, 11) is 0. The molecule has 2 nitrogen and oxygen atoms in total. The zero-order valence-electron chi connectivity index (χ0n) is 12.3. The lowest BCUT2D eigenvalue weighted by atomic mass is 10.1. The molecule has 0 spiro atoms. The van der Waals surface area contributed by atoms with E-state index in [9.17, 15) is 4.79 Å². The van der Waals surface area contributed by atoms with Crippen LogP contribution >= 0.6 is 11.6 Å². The van der Waals surface area contributed by atoms with Crippen LogP contribution in [0.3, 0.4) is 0 Å². The largest absolute Gasteiger partial charge is 0.461 e. The molecule has 0 aliphatic carbocycles. The Hall–Kier alpha value is -1.02. The van der Waals surface area contributed by atoms with Crippen molar-refractivity contribution in [2.75, 3.05) is 12.5 Å². The van der Waals surface area contributed by atoms with Crippen LogP contribution in [0.4, 0.5) is 0 Å². The van der Waals surface area contributed by atoms with Gasteiger partial charge in [0.15, 0.2) is 0 Å². The Morgan fingerprint density at radius 2 is 1.79 bits per heavy atom. The molecule has 0 radical (unpaired) electrons. The zero-order chi connectivity index (χ0) is 14.7. The molecule has 0 rings (SSSR count). The Labute approximate surface area is 122 Å². The number of carbonyl (C=O) groups is 1. The highest BCUT2D eigenvalue weighted by molar-refractivity contribution is 6.18. The van der Waals surface area contributed by atoms with Crippen molar-refractivity contribution in [3.05, 3.63) is 35.5 Å². The fraction of sp³-hybridized carbons (Fsp3) is 0.562. The topological polar surface area (TPSA) is 26.3 Å². The third kappa shape index (κ3) is 10.6. The van der Waals surface area contributed by atoms with Crippen LogP contribution < -0.4 is 0 Å². The lowest BCUT2D eigenvalue weighted by Crippen LogP contribution is -2.08. The molecule has 0 aliphatic heterocycles. The fourth-order valence-corrected chi connectivity index (χ4v) is 1.60. The van der Waals surface area contributed by atoms with Crippen LogP contribution in [0.1, 0.15) is 46.5 Å². The zero-order valence-corrected chi connectivity index (χ0v) is 13.1. The second-order valence-electron chi connectivity index (χ2n) is 4.84. The number of rotatable bonds is 9. The maximum Gasteiger partial charge on any atom is 0.333 e. The third-order valence-electron chi connectivity index (χ3n) is 2.63. The number of esters is 1. The lowest BCUT2D eigenvalue weighted by molar-refractivity contribution is -0.138. The highest BCUT2D eigenvalue weighted by Crippen LogP contribution is 2.11. The number of alkyl halides is 1. The first-order valence-electron chi connectivity index (χ1n) is 6.67. The molecule has 0 atom stereocenters. The van der Waals surface area contributed by atoms with Crippen LogP contribution in [-0.4, -0.2) is 18.5 Å². The summed E-state index contributed by atoms with van der Waals surface area (Å²) in [4.78, 5) is 11.4. The number of hydrogen-bond acceptors (Lipinski definition) is 2. The van der Waals surface area contributed by atoms with E-state index >= 15 is 0 Å². The molecule has 3 heteroatoms. The highest BCUT2D eigenvalue weighted by Gasteiger charge is 2.06. The molecule has 0 fully saturated rings. The van der Waals surface area contributed by atoms with Gasteiger partial charge in [-0.25, -0.2) is 4.79 Å². The fourth-order valence-electron chi connectivity index (χ4n) is 1.52. The van der Waals surface area contributed by atoms with Crippen molar-refractivity contribution in [2.45, 2.75) is 46.5 Å². The number of ether oxygens (including phenoxy) is 1. The number of carbonyl (C=O) groups excluding carboxylic acids is 1. The second kappa shape index (κ2) is 10.9. The minimum absolute atomic E-state index is 0.247. The van der Waals surface area contributed by atoms with E-state index in [1.807, 2.05) is 0 Å². The average molecular weight is 285 g/mol. The molecule has 0 aromatic heterocycles. The molecule has 0 unspecified atom stereocenters. The summed E-state index contributed by atoms with van der Waals surface area (Å²) < 4.78 is 4.90. The van der Waals surface area contributed by atoms with Crippen LogP contribution in [0.2, 0.25) is 0 Å². The van der Waals surface area contributed by atoms with Crippen LogP contribution in [-0.2, 0) is 9.53 Å². The molecule has 19 heavy (non-hydrogen) atoms. The molecule has 0 aromatic carbocycles. The van der Waals surface area contributed by atoms with Gasteiger partial charge < -0.3 is 4.74 Å². The van der Waals surface area contributed by atoms with E-state index in [0.29, 0.717) is 17.9 Å². The van der Waals surface area contributed by atoms with Gasteiger partial charge in [-0.3, -0.25) is 0 Å². The maximum atomic E-state index is 11.4. The molecule has 0 aromatic rings. The van der Waals surface area contributed by atoms with E-state index in [0.717, 1.165) is 19.3 Å². The van der Waals surface area contributed by atoms with Crippen molar-refractivity contribution in [3.63, 3.8) is 0 Å². The molecular formula is C16H25ClO2. The normalized spacial score (nSPS) is 11.1. The molecule has 0 aliphatic rings. The molecule has 0 heterocycles. The SMILES string of the molecule is C=C(CCC=C(C)CCC=C(C)C)C(=O)OCCCl. The Morgan fingerprint density at radius 1 is 1.16 bits per heavy atom. The predicted octanol–water partition coefficient (Wildman–Crippen LogP) is 4.80. The van der Waals surface area contributed by atoms with Gasteiger partial charge in [0.1, 0.15) is 6.61 Å². The van der Waals surface area contributed by atoms with Gasteiger partial charge >= 0.3 is 5.97 Å². The molecule has 0 amide bonds. The Balaban J connectivity index is 3.90. The summed E-state index contributed by atoms with van der Waals surface area (Å²) in [5.74, 6) is -0.0150. The molecule has 0 saturated carbocycles. The Kier molecular flexibility index (Phi) is 10.3. The van der Waals surface area contributed by atoms with Crippen LogP contribution in [0, 0.1) is 0 Å². The monoisotopic (exact) mass is 284 g/mol. The van der Waals surface area contributed by atoms with Crippen molar-refractivity contribution >= 4 is 17.6 Å². The van der Waals surface area contributed by atoms with E-state index in [4.69, 9.17) is 16.3 Å². The maximum absolute atomic E-state index is 11.4. The standard InChI is InChI=1S/C16H25ClO2/c1-13(2)7-5-8-14(3)9-6-10-15(4)16(18)19-12-11-17/h7,9H,4-6,8,10-12H2,1-3H3. The van der Waals surface area contributed by atoms with Gasteiger partial charge in [0.05, 0.1) is 5.88 Å². The van der Waals surface area contributed by atoms with Crippen molar-refractivity contribution in [3.8, 4) is 0 Å². The van der Waals surface area contributed by atoms with Crippen LogP contribution in [0.5, 0.6) is 0 Å². The van der Waals surface area contributed by atoms with Gasteiger partial charge in [-0.05, 0) is 46.5 Å². The van der Waals surface area contributed by atoms with Gasteiger partial charge in [0, 0.05) is 5.57 Å². The summed E-state index contributed by atoms with van der Waals surface area (Å²) in [5.41, 5.74) is 3.21. The smallest absolute Gasteiger partial charge is 0.333 e. The second-order valence-corrected chi connectivity index (χ2v) is 5.22. The average Bonchev–Trinajstić information content (AvgIpc) is 2.35. The van der Waals surface area contributed by atoms with Crippen molar-refractivity contribution in [1.29, 1.82) is 0 Å². The van der Waals surface area contributed by atoms with Crippen molar-refractivity contribution < 1.29 is 9.53 Å². The Bertz CT molecular complexity index is 350. The summed E-state index contributed by atoms with van der Waals surface area (Å²) >= 11 is 5.45. The van der Waals surface area contributed by atoms with Gasteiger partial charge in [0.25, 0.3) is 0 Å². The molecule has 0 N–H and O–H groups in total. The van der Waals surface area contributed by atoms with Crippen molar-refractivity contribution in [1.82, 2.24) is 0 Å². The molecule has 108 valence electrons. The first-order valence-corrected chi connectivity index (χ1v) is 7.20. The minimum atomic E-state index is -0.337. The predicted molar refractivity (Wildman–Crippen MR) is 82.5 cm³/mol. The van der Waals surface area contributed by atoms with Gasteiger partial charge in [-0.2, -0.15) is 0 Å². The summed E-state index contributed by atoms with van der Waals surface area (Å²) in [6.07, 6.45) is 8.01. The highest BCUT2D eigenvalue weighted by atomic mass is 35.5. The summed E-state index contributed by atoms with van der Waals surface area (Å²) in [5, 5.41) is 0. The number of halogens is 1. The lowest BCUT2D eigenvalue weighted by Gasteiger charge is -2.04. The van der Waals surface area contributed by atoms with E-state index in [1.165, 1.54) is 11.1 Å².